The molecule has 0 aliphatic rings. The first-order valence-electron chi connectivity index (χ1n) is 3.10. The van der Waals surface area contributed by atoms with Crippen molar-refractivity contribution in [2.75, 3.05) is 5.75 Å². The number of thiocarbonyl (C=S) groups is 1. The highest BCUT2D eigenvalue weighted by atomic mass is 32.1. The molecule has 0 aromatic heterocycles. The van der Waals surface area contributed by atoms with Crippen LogP contribution in [0, 0.1) is 0 Å². The summed E-state index contributed by atoms with van der Waals surface area (Å²) in [5.41, 5.74) is 0. The van der Waals surface area contributed by atoms with Gasteiger partial charge in [-0.2, -0.15) is 12.6 Å². The lowest BCUT2D eigenvalue weighted by Gasteiger charge is -1.94. The third-order valence-electron chi connectivity index (χ3n) is 1.05. The summed E-state index contributed by atoms with van der Waals surface area (Å²) in [7, 11) is 0. The summed E-state index contributed by atoms with van der Waals surface area (Å²) in [6.45, 7) is 0. The quantitative estimate of drug-likeness (QED) is 0.369. The Kier molecular flexibility index (Phi) is 6.53. The molecule has 0 atom stereocenters. The van der Waals surface area contributed by atoms with Gasteiger partial charge in [0.25, 0.3) is 0 Å². The minimum atomic E-state index is 0.133. The zero-order valence-corrected chi connectivity index (χ0v) is 7.05. The van der Waals surface area contributed by atoms with Crippen LogP contribution in [0.15, 0.2) is 0 Å². The molecule has 54 valence electrons. The maximum Gasteiger partial charge on any atom is 0.156 e. The summed E-state index contributed by atoms with van der Waals surface area (Å²) in [5, 5.41) is 8.70. The van der Waals surface area contributed by atoms with Crippen molar-refractivity contribution in [3.63, 3.8) is 0 Å². The lowest BCUT2D eigenvalue weighted by atomic mass is 10.2. The van der Waals surface area contributed by atoms with Crippen LogP contribution in [0.5, 0.6) is 0 Å². The molecular weight excluding hydrogens is 152 g/mol. The molecule has 0 bridgehead atoms. The average molecular weight is 164 g/mol. The van der Waals surface area contributed by atoms with Crippen LogP contribution in [-0.2, 0) is 0 Å². The molecule has 0 unspecified atom stereocenters. The second-order valence-electron chi connectivity index (χ2n) is 1.93. The van der Waals surface area contributed by atoms with Gasteiger partial charge in [0.2, 0.25) is 0 Å². The molecule has 3 heteroatoms. The van der Waals surface area contributed by atoms with E-state index >= 15 is 0 Å². The predicted octanol–water partition coefficient (Wildman–Crippen LogP) is 2.36. The highest BCUT2D eigenvalue weighted by molar-refractivity contribution is 7.80. The highest BCUT2D eigenvalue weighted by Gasteiger charge is 1.90. The van der Waals surface area contributed by atoms with Gasteiger partial charge in [-0.25, -0.2) is 0 Å². The summed E-state index contributed by atoms with van der Waals surface area (Å²) in [4.78, 5) is 0. The number of thiol groups is 1. The van der Waals surface area contributed by atoms with E-state index in [0.29, 0.717) is 6.42 Å². The van der Waals surface area contributed by atoms with Gasteiger partial charge in [0, 0.05) is 6.42 Å². The van der Waals surface area contributed by atoms with Crippen molar-refractivity contribution < 1.29 is 5.11 Å². The standard InChI is InChI=1S/C6H12OS2/c7-6(9)4-2-1-3-5-8/h8H,1-5H2,(H,7,9). The topological polar surface area (TPSA) is 20.2 Å². The zero-order chi connectivity index (χ0) is 7.11. The second-order valence-corrected chi connectivity index (χ2v) is 2.85. The number of aliphatic hydroxyl groups excluding tert-OH is 1. The number of hydrogen-bond acceptors (Lipinski definition) is 2. The monoisotopic (exact) mass is 164 g/mol. The summed E-state index contributed by atoms with van der Waals surface area (Å²) in [5.74, 6) is 0.929. The Bertz CT molecular complexity index is 83.1. The van der Waals surface area contributed by atoms with Gasteiger partial charge in [-0.15, -0.1) is 0 Å². The largest absolute Gasteiger partial charge is 0.502 e. The fraction of sp³-hybridized carbons (Fsp3) is 0.833. The molecule has 1 nitrogen and oxygen atoms in total. The minimum Gasteiger partial charge on any atom is -0.502 e. The van der Waals surface area contributed by atoms with Crippen LogP contribution in [0.4, 0.5) is 0 Å². The van der Waals surface area contributed by atoms with Crippen LogP contribution in [-0.4, -0.2) is 15.9 Å². The maximum atomic E-state index is 8.56. The highest BCUT2D eigenvalue weighted by Crippen LogP contribution is 2.00. The van der Waals surface area contributed by atoms with Crippen molar-refractivity contribution in [1.29, 1.82) is 0 Å². The Morgan fingerprint density at radius 2 is 2.00 bits per heavy atom. The van der Waals surface area contributed by atoms with Crippen LogP contribution in [0.25, 0.3) is 0 Å². The van der Waals surface area contributed by atoms with E-state index in [4.69, 9.17) is 5.11 Å². The van der Waals surface area contributed by atoms with Gasteiger partial charge in [-0.05, 0) is 30.8 Å². The number of aliphatic hydroxyl groups is 1. The van der Waals surface area contributed by atoms with Crippen molar-refractivity contribution in [1.82, 2.24) is 0 Å². The van der Waals surface area contributed by atoms with Gasteiger partial charge in [0.15, 0.2) is 5.05 Å². The summed E-state index contributed by atoms with van der Waals surface area (Å²) >= 11 is 8.53. The van der Waals surface area contributed by atoms with E-state index in [2.05, 4.69) is 24.8 Å². The van der Waals surface area contributed by atoms with E-state index in [1.54, 1.807) is 0 Å². The van der Waals surface area contributed by atoms with Crippen molar-refractivity contribution in [2.45, 2.75) is 25.7 Å². The SMILES string of the molecule is OC(=S)CCCCCS. The maximum absolute atomic E-state index is 8.56. The molecule has 0 spiro atoms. The van der Waals surface area contributed by atoms with Crippen LogP contribution in [0.1, 0.15) is 25.7 Å². The van der Waals surface area contributed by atoms with E-state index in [1.807, 2.05) is 0 Å². The Morgan fingerprint density at radius 3 is 2.44 bits per heavy atom. The number of rotatable bonds is 5. The molecule has 0 aromatic rings. The Balaban J connectivity index is 2.83. The van der Waals surface area contributed by atoms with Crippen LogP contribution >= 0.6 is 24.8 Å². The van der Waals surface area contributed by atoms with Crippen molar-refractivity contribution >= 4 is 29.9 Å². The molecular formula is C6H12OS2. The molecule has 9 heavy (non-hydrogen) atoms. The van der Waals surface area contributed by atoms with Crippen LogP contribution in [0.2, 0.25) is 0 Å². The Labute approximate surface area is 66.9 Å². The molecule has 0 rings (SSSR count). The van der Waals surface area contributed by atoms with Gasteiger partial charge < -0.3 is 5.11 Å². The number of unbranched alkanes of at least 4 members (excludes halogenated alkanes) is 2. The fourth-order valence-corrected chi connectivity index (χ4v) is 0.933. The molecule has 0 aromatic carbocycles. The summed E-state index contributed by atoms with van der Waals surface area (Å²) in [6, 6.07) is 0. The molecule has 0 saturated carbocycles. The Morgan fingerprint density at radius 1 is 1.33 bits per heavy atom. The predicted molar refractivity (Wildman–Crippen MR) is 47.5 cm³/mol. The van der Waals surface area contributed by atoms with E-state index in [1.165, 1.54) is 0 Å². The fourth-order valence-electron chi connectivity index (χ4n) is 0.565. The Hall–Kier alpha value is 0.240. The molecule has 0 aliphatic carbocycles. The first-order valence-corrected chi connectivity index (χ1v) is 4.14. The van der Waals surface area contributed by atoms with Crippen molar-refractivity contribution in [2.24, 2.45) is 0 Å². The smallest absolute Gasteiger partial charge is 0.156 e. The number of hydrogen-bond donors (Lipinski definition) is 2. The van der Waals surface area contributed by atoms with Gasteiger partial charge in [0.1, 0.15) is 0 Å². The molecule has 0 fully saturated rings. The molecule has 1 N–H and O–H groups in total. The molecule has 0 aliphatic heterocycles. The van der Waals surface area contributed by atoms with Crippen LogP contribution < -0.4 is 0 Å². The lowest BCUT2D eigenvalue weighted by molar-refractivity contribution is 0.539. The zero-order valence-electron chi connectivity index (χ0n) is 5.34. The third kappa shape index (κ3) is 8.24. The molecule has 0 amide bonds. The van der Waals surface area contributed by atoms with Crippen molar-refractivity contribution in [3.8, 4) is 0 Å². The van der Waals surface area contributed by atoms with E-state index < -0.39 is 0 Å². The first-order chi connectivity index (χ1) is 4.27. The van der Waals surface area contributed by atoms with Gasteiger partial charge in [0.05, 0.1) is 0 Å². The molecule has 0 radical (unpaired) electrons. The van der Waals surface area contributed by atoms with Gasteiger partial charge >= 0.3 is 0 Å². The van der Waals surface area contributed by atoms with Crippen LogP contribution in [0.3, 0.4) is 0 Å². The van der Waals surface area contributed by atoms with E-state index in [9.17, 15) is 0 Å². The van der Waals surface area contributed by atoms with Gasteiger partial charge in [-0.3, -0.25) is 0 Å². The molecule has 0 heterocycles. The lowest BCUT2D eigenvalue weighted by Crippen LogP contribution is -1.90. The average Bonchev–Trinajstić information content (AvgIpc) is 1.80. The second kappa shape index (κ2) is 6.36. The van der Waals surface area contributed by atoms with Gasteiger partial charge in [-0.1, -0.05) is 6.42 Å². The normalized spacial score (nSPS) is 9.44. The van der Waals surface area contributed by atoms with Crippen molar-refractivity contribution in [3.05, 3.63) is 0 Å². The minimum absolute atomic E-state index is 0.133. The third-order valence-corrected chi connectivity index (χ3v) is 1.57. The summed E-state index contributed by atoms with van der Waals surface area (Å²) in [6.07, 6.45) is 3.90. The summed E-state index contributed by atoms with van der Waals surface area (Å²) < 4.78 is 0. The van der Waals surface area contributed by atoms with E-state index in [0.717, 1.165) is 25.0 Å². The molecule has 0 saturated heterocycles. The first kappa shape index (κ1) is 9.24. The van der Waals surface area contributed by atoms with E-state index in [-0.39, 0.29) is 5.05 Å².